The van der Waals surface area contributed by atoms with Crippen LogP contribution in [-0.2, 0) is 22.7 Å². The van der Waals surface area contributed by atoms with Gasteiger partial charge in [0.25, 0.3) is 5.91 Å². The van der Waals surface area contributed by atoms with Crippen molar-refractivity contribution in [1.82, 2.24) is 15.2 Å². The molecule has 1 aliphatic rings. The lowest BCUT2D eigenvalue weighted by Gasteiger charge is -2.22. The summed E-state index contributed by atoms with van der Waals surface area (Å²) < 4.78 is 16.2. The first-order valence-electron chi connectivity index (χ1n) is 13.1. The van der Waals surface area contributed by atoms with E-state index in [4.69, 9.17) is 14.2 Å². The summed E-state index contributed by atoms with van der Waals surface area (Å²) in [6, 6.07) is 14.4. The second kappa shape index (κ2) is 13.3. The molecular weight excluding hydrogens is 532 g/mol. The van der Waals surface area contributed by atoms with E-state index in [1.807, 2.05) is 36.4 Å². The molecule has 3 amide bonds. The highest BCUT2D eigenvalue weighted by molar-refractivity contribution is 7.16. The molecule has 2 aromatic carbocycles. The first-order valence-corrected chi connectivity index (χ1v) is 13.9. The molecule has 0 saturated carbocycles. The summed E-state index contributed by atoms with van der Waals surface area (Å²) in [6.45, 7) is 4.41. The third-order valence-corrected chi connectivity index (χ3v) is 7.60. The van der Waals surface area contributed by atoms with Crippen LogP contribution in [0, 0.1) is 5.92 Å². The number of methoxy groups -OCH3 is 2. The second-order valence-corrected chi connectivity index (χ2v) is 10.7. The van der Waals surface area contributed by atoms with Crippen LogP contribution in [0.3, 0.4) is 0 Å². The second-order valence-electron chi connectivity index (χ2n) is 9.63. The van der Waals surface area contributed by atoms with Crippen LogP contribution in [0.5, 0.6) is 11.5 Å². The number of benzene rings is 2. The lowest BCUT2D eigenvalue weighted by atomic mass is 10.2. The van der Waals surface area contributed by atoms with E-state index in [9.17, 15) is 14.4 Å². The lowest BCUT2D eigenvalue weighted by molar-refractivity contribution is -0.118. The summed E-state index contributed by atoms with van der Waals surface area (Å²) in [5.41, 5.74) is 1.75. The average molecular weight is 567 g/mol. The molecule has 11 heteroatoms. The van der Waals surface area contributed by atoms with Crippen LogP contribution >= 0.6 is 11.3 Å². The Hall–Kier alpha value is -4.12. The Balaban J connectivity index is 1.52. The molecule has 2 N–H and O–H groups in total. The molecule has 1 saturated heterocycles. The van der Waals surface area contributed by atoms with Gasteiger partial charge in [-0.25, -0.2) is 9.78 Å². The molecule has 40 heavy (non-hydrogen) atoms. The van der Waals surface area contributed by atoms with Gasteiger partial charge in [0, 0.05) is 30.6 Å². The van der Waals surface area contributed by atoms with E-state index in [2.05, 4.69) is 15.6 Å². The van der Waals surface area contributed by atoms with E-state index >= 15 is 0 Å². The molecule has 1 aromatic heterocycles. The number of hydrogen-bond donors (Lipinski definition) is 2. The van der Waals surface area contributed by atoms with Crippen LogP contribution in [0.2, 0.25) is 0 Å². The maximum absolute atomic E-state index is 13.3. The number of thiazole rings is 1. The van der Waals surface area contributed by atoms with Gasteiger partial charge < -0.3 is 24.8 Å². The topological polar surface area (TPSA) is 119 Å². The molecule has 1 atom stereocenters. The van der Waals surface area contributed by atoms with Gasteiger partial charge in [-0.1, -0.05) is 55.5 Å². The fourth-order valence-electron chi connectivity index (χ4n) is 4.28. The van der Waals surface area contributed by atoms with Gasteiger partial charge in [-0.3, -0.25) is 14.5 Å². The SMILES string of the molecule is COc1ccc(CNC(=O)c2nc(C3CCCN3C(=O)OCc3ccccc3)sc2NC(=O)C(C)C)c(OC)c1. The molecule has 1 fully saturated rings. The third kappa shape index (κ3) is 6.90. The van der Waals surface area contributed by atoms with Crippen LogP contribution in [0.4, 0.5) is 9.80 Å². The van der Waals surface area contributed by atoms with Crippen LogP contribution in [0.25, 0.3) is 0 Å². The predicted molar refractivity (Wildman–Crippen MR) is 152 cm³/mol. The smallest absolute Gasteiger partial charge is 0.410 e. The van der Waals surface area contributed by atoms with Crippen molar-refractivity contribution in [2.24, 2.45) is 5.92 Å². The van der Waals surface area contributed by atoms with Gasteiger partial charge in [0.15, 0.2) is 5.69 Å². The van der Waals surface area contributed by atoms with Crippen molar-refractivity contribution < 1.29 is 28.6 Å². The van der Waals surface area contributed by atoms with E-state index in [0.717, 1.165) is 17.5 Å². The fraction of sp³-hybridized carbons (Fsp3) is 0.379. The summed E-state index contributed by atoms with van der Waals surface area (Å²) in [5.74, 6) is 0.240. The minimum atomic E-state index is -0.448. The molecule has 3 aromatic rings. The normalized spacial score (nSPS) is 14.6. The Labute approximate surface area is 237 Å². The van der Waals surface area contributed by atoms with Crippen molar-refractivity contribution in [3.63, 3.8) is 0 Å². The first-order chi connectivity index (χ1) is 19.3. The minimum Gasteiger partial charge on any atom is -0.497 e. The number of nitrogens with zero attached hydrogens (tertiary/aromatic N) is 2. The summed E-state index contributed by atoms with van der Waals surface area (Å²) in [6.07, 6.45) is 1.01. The standard InChI is InChI=1S/C29H34N4O6S/c1-18(2)25(34)32-28-24(26(35)30-16-20-12-13-21(37-3)15-23(20)38-4)31-27(40-28)22-11-8-14-33(22)29(36)39-17-19-9-6-5-7-10-19/h5-7,9-10,12-13,15,18,22H,8,11,14,16-17H2,1-4H3,(H,30,35)(H,32,34). The lowest BCUT2D eigenvalue weighted by Crippen LogP contribution is -2.31. The average Bonchev–Trinajstić information content (AvgIpc) is 3.62. The zero-order chi connectivity index (χ0) is 28.6. The van der Waals surface area contributed by atoms with Crippen LogP contribution in [0.1, 0.15) is 59.4 Å². The summed E-state index contributed by atoms with van der Waals surface area (Å²) in [4.78, 5) is 45.1. The van der Waals surface area contributed by atoms with Crippen molar-refractivity contribution in [1.29, 1.82) is 0 Å². The van der Waals surface area contributed by atoms with Crippen LogP contribution in [-0.4, -0.2) is 48.6 Å². The van der Waals surface area contributed by atoms with Gasteiger partial charge in [-0.05, 0) is 30.5 Å². The number of carbonyl (C=O) groups is 3. The van der Waals surface area contributed by atoms with Gasteiger partial charge in [-0.15, -0.1) is 0 Å². The zero-order valence-corrected chi connectivity index (χ0v) is 23.9. The molecule has 4 rings (SSSR count). The Morgan fingerprint density at radius 1 is 1.10 bits per heavy atom. The maximum atomic E-state index is 13.3. The number of ether oxygens (including phenoxy) is 3. The highest BCUT2D eigenvalue weighted by atomic mass is 32.1. The van der Waals surface area contributed by atoms with Crippen molar-refractivity contribution in [3.05, 3.63) is 70.4 Å². The molecule has 0 radical (unpaired) electrons. The van der Waals surface area contributed by atoms with Crippen LogP contribution in [0.15, 0.2) is 48.5 Å². The monoisotopic (exact) mass is 566 g/mol. The number of likely N-dealkylation sites (tertiary alicyclic amines) is 1. The molecule has 0 bridgehead atoms. The predicted octanol–water partition coefficient (Wildman–Crippen LogP) is 5.16. The molecule has 212 valence electrons. The molecular formula is C29H34N4O6S. The molecule has 1 unspecified atom stereocenters. The van der Waals surface area contributed by atoms with Crippen molar-refractivity contribution in [2.45, 2.75) is 45.9 Å². The van der Waals surface area contributed by atoms with E-state index < -0.39 is 12.0 Å². The van der Waals surface area contributed by atoms with Crippen molar-refractivity contribution in [2.75, 3.05) is 26.1 Å². The summed E-state index contributed by atoms with van der Waals surface area (Å²) in [7, 11) is 3.11. The number of amides is 3. The highest BCUT2D eigenvalue weighted by Gasteiger charge is 2.35. The maximum Gasteiger partial charge on any atom is 0.410 e. The highest BCUT2D eigenvalue weighted by Crippen LogP contribution is 2.38. The molecule has 0 spiro atoms. The summed E-state index contributed by atoms with van der Waals surface area (Å²) >= 11 is 1.21. The van der Waals surface area contributed by atoms with Gasteiger partial charge >= 0.3 is 6.09 Å². The van der Waals surface area contributed by atoms with E-state index in [1.54, 1.807) is 45.1 Å². The van der Waals surface area contributed by atoms with E-state index in [0.29, 0.717) is 34.5 Å². The largest absolute Gasteiger partial charge is 0.497 e. The van der Waals surface area contributed by atoms with Gasteiger partial charge in [0.2, 0.25) is 5.91 Å². The Morgan fingerprint density at radius 2 is 1.88 bits per heavy atom. The van der Waals surface area contributed by atoms with Gasteiger partial charge in [0.1, 0.15) is 28.1 Å². The Bertz CT molecular complexity index is 1340. The number of aromatic nitrogens is 1. The zero-order valence-electron chi connectivity index (χ0n) is 23.1. The molecule has 10 nitrogen and oxygen atoms in total. The molecule has 2 heterocycles. The number of hydrogen-bond acceptors (Lipinski definition) is 8. The van der Waals surface area contributed by atoms with Gasteiger partial charge in [-0.2, -0.15) is 0 Å². The third-order valence-electron chi connectivity index (χ3n) is 6.53. The van der Waals surface area contributed by atoms with Crippen molar-refractivity contribution in [3.8, 4) is 11.5 Å². The summed E-state index contributed by atoms with van der Waals surface area (Å²) in [5, 5.41) is 6.63. The number of carbonyl (C=O) groups excluding carboxylic acids is 3. The number of anilines is 1. The molecule has 0 aliphatic carbocycles. The minimum absolute atomic E-state index is 0.103. The van der Waals surface area contributed by atoms with Crippen LogP contribution < -0.4 is 20.1 Å². The fourth-order valence-corrected chi connectivity index (χ4v) is 5.39. The first kappa shape index (κ1) is 28.9. The van der Waals surface area contributed by atoms with E-state index in [1.165, 1.54) is 11.3 Å². The Morgan fingerprint density at radius 3 is 2.58 bits per heavy atom. The van der Waals surface area contributed by atoms with Crippen molar-refractivity contribution >= 4 is 34.2 Å². The quantitative estimate of drug-likeness (QED) is 0.348. The van der Waals surface area contributed by atoms with Gasteiger partial charge in [0.05, 0.1) is 20.3 Å². The molecule has 1 aliphatic heterocycles. The van der Waals surface area contributed by atoms with E-state index in [-0.39, 0.29) is 36.7 Å². The number of rotatable bonds is 10. The number of nitrogens with one attached hydrogen (secondary N) is 2. The Kier molecular flexibility index (Phi) is 9.60.